The average Bonchev–Trinajstić information content (AvgIpc) is 3.17. The molecule has 1 atom stereocenters. The molecule has 0 saturated carbocycles. The van der Waals surface area contributed by atoms with Gasteiger partial charge in [-0.3, -0.25) is 14.4 Å². The molecule has 6 nitrogen and oxygen atoms in total. The quantitative estimate of drug-likeness (QED) is 0.784. The second-order valence-corrected chi connectivity index (χ2v) is 9.89. The number of piperidine rings is 2. The van der Waals surface area contributed by atoms with Crippen LogP contribution in [0.5, 0.6) is 0 Å². The molecule has 2 aliphatic heterocycles. The number of likely N-dealkylation sites (tertiary alicyclic amines) is 2. The van der Waals surface area contributed by atoms with E-state index < -0.39 is 0 Å². The number of rotatable bonds is 5. The van der Waals surface area contributed by atoms with Crippen molar-refractivity contribution in [1.29, 1.82) is 0 Å². The molecule has 0 bridgehead atoms. The van der Waals surface area contributed by atoms with Crippen LogP contribution in [0.1, 0.15) is 65.8 Å². The minimum Gasteiger partial charge on any atom is -0.337 e. The van der Waals surface area contributed by atoms with Crippen LogP contribution in [0.3, 0.4) is 0 Å². The predicted molar refractivity (Wildman–Crippen MR) is 127 cm³/mol. The molecule has 1 N–H and O–H groups in total. The van der Waals surface area contributed by atoms with Crippen molar-refractivity contribution >= 4 is 5.91 Å². The van der Waals surface area contributed by atoms with Gasteiger partial charge in [0.25, 0.3) is 5.91 Å². The first-order valence-electron chi connectivity index (χ1n) is 12.5. The Bertz CT molecular complexity index is 910. The Morgan fingerprint density at radius 2 is 1.75 bits per heavy atom. The summed E-state index contributed by atoms with van der Waals surface area (Å²) in [5.74, 6) is 0.149. The molecule has 2 saturated heterocycles. The number of aryl methyl sites for hydroxylation is 1. The zero-order valence-electron chi connectivity index (χ0n) is 19.4. The zero-order chi connectivity index (χ0) is 21.9. The molecule has 1 amide bonds. The first-order valence-corrected chi connectivity index (χ1v) is 12.5. The number of benzene rings is 1. The van der Waals surface area contributed by atoms with Crippen molar-refractivity contribution in [3.05, 3.63) is 52.8 Å². The topological polar surface area (TPSA) is 53.4 Å². The monoisotopic (exact) mass is 435 g/mol. The SMILES string of the molecule is Cn1nc(C(=O)N2CCCCC2)c2c1CCC(NC1CCN(Cc3ccccc3)CC1)C2. The first kappa shape index (κ1) is 21.7. The molecule has 6 heteroatoms. The normalized spacial score (nSPS) is 22.7. The maximum Gasteiger partial charge on any atom is 0.274 e. The summed E-state index contributed by atoms with van der Waals surface area (Å²) in [4.78, 5) is 17.8. The Morgan fingerprint density at radius 3 is 2.50 bits per heavy atom. The van der Waals surface area contributed by atoms with Crippen LogP contribution in [-0.2, 0) is 26.4 Å². The van der Waals surface area contributed by atoms with E-state index >= 15 is 0 Å². The minimum absolute atomic E-state index is 0.149. The van der Waals surface area contributed by atoms with E-state index in [1.807, 2.05) is 16.6 Å². The molecule has 3 heterocycles. The predicted octanol–water partition coefficient (Wildman–Crippen LogP) is 3.16. The van der Waals surface area contributed by atoms with E-state index in [4.69, 9.17) is 0 Å². The van der Waals surface area contributed by atoms with Crippen molar-refractivity contribution in [2.45, 2.75) is 70.0 Å². The van der Waals surface area contributed by atoms with Gasteiger partial charge in [0.15, 0.2) is 5.69 Å². The number of hydrogen-bond acceptors (Lipinski definition) is 4. The molecule has 32 heavy (non-hydrogen) atoms. The standard InChI is InChI=1S/C26H37N5O/c1-29-24-11-10-22(18-23(24)25(28-29)26(32)31-14-6-3-7-15-31)27-21-12-16-30(17-13-21)19-20-8-4-2-5-9-20/h2,4-5,8-9,21-22,27H,3,6-7,10-19H2,1H3. The lowest BCUT2D eigenvalue weighted by atomic mass is 9.89. The Labute approximate surface area is 192 Å². The van der Waals surface area contributed by atoms with Crippen LogP contribution in [-0.4, -0.2) is 63.8 Å². The van der Waals surface area contributed by atoms with Crippen molar-refractivity contribution in [2.75, 3.05) is 26.2 Å². The Morgan fingerprint density at radius 1 is 1.00 bits per heavy atom. The molecule has 0 spiro atoms. The Hall–Kier alpha value is -2.18. The molecule has 1 aliphatic carbocycles. The third kappa shape index (κ3) is 4.76. The molecule has 2 fully saturated rings. The maximum absolute atomic E-state index is 13.2. The van der Waals surface area contributed by atoms with Crippen LogP contribution in [0.4, 0.5) is 0 Å². The van der Waals surface area contributed by atoms with Gasteiger partial charge in [-0.05, 0) is 70.0 Å². The zero-order valence-corrected chi connectivity index (χ0v) is 19.4. The third-order valence-corrected chi connectivity index (χ3v) is 7.61. The summed E-state index contributed by atoms with van der Waals surface area (Å²) < 4.78 is 1.96. The highest BCUT2D eigenvalue weighted by molar-refractivity contribution is 5.94. The summed E-state index contributed by atoms with van der Waals surface area (Å²) in [5, 5.41) is 8.64. The van der Waals surface area contributed by atoms with Crippen LogP contribution in [0.25, 0.3) is 0 Å². The van der Waals surface area contributed by atoms with Gasteiger partial charge >= 0.3 is 0 Å². The van der Waals surface area contributed by atoms with E-state index in [9.17, 15) is 4.79 Å². The molecular weight excluding hydrogens is 398 g/mol. The van der Waals surface area contributed by atoms with Crippen LogP contribution in [0, 0.1) is 0 Å². The number of nitrogens with zero attached hydrogens (tertiary/aromatic N) is 4. The molecule has 1 aromatic heterocycles. The van der Waals surface area contributed by atoms with E-state index in [1.54, 1.807) is 0 Å². The molecule has 2 aromatic rings. The third-order valence-electron chi connectivity index (χ3n) is 7.61. The summed E-state index contributed by atoms with van der Waals surface area (Å²) >= 11 is 0. The van der Waals surface area contributed by atoms with Crippen LogP contribution in [0.2, 0.25) is 0 Å². The van der Waals surface area contributed by atoms with Gasteiger partial charge in [0.05, 0.1) is 0 Å². The minimum atomic E-state index is 0.149. The maximum atomic E-state index is 13.2. The lowest BCUT2D eigenvalue weighted by molar-refractivity contribution is 0.0716. The number of nitrogens with one attached hydrogen (secondary N) is 1. The second kappa shape index (κ2) is 9.75. The van der Waals surface area contributed by atoms with Crippen molar-refractivity contribution in [2.24, 2.45) is 7.05 Å². The molecular formula is C26H37N5O. The fraction of sp³-hybridized carbons (Fsp3) is 0.615. The molecule has 0 radical (unpaired) electrons. The molecule has 1 unspecified atom stereocenters. The summed E-state index contributed by atoms with van der Waals surface area (Å²) in [6.45, 7) is 5.12. The number of amides is 1. The van der Waals surface area contributed by atoms with Gasteiger partial charge in [0.1, 0.15) is 0 Å². The second-order valence-electron chi connectivity index (χ2n) is 9.89. The van der Waals surface area contributed by atoms with E-state index in [0.29, 0.717) is 17.8 Å². The Balaban J connectivity index is 1.17. The lowest BCUT2D eigenvalue weighted by Gasteiger charge is -2.35. The highest BCUT2D eigenvalue weighted by Gasteiger charge is 2.32. The molecule has 3 aliphatic rings. The van der Waals surface area contributed by atoms with Crippen LogP contribution < -0.4 is 5.32 Å². The van der Waals surface area contributed by atoms with Gasteiger partial charge in [-0.25, -0.2) is 0 Å². The number of aromatic nitrogens is 2. The van der Waals surface area contributed by atoms with E-state index in [0.717, 1.165) is 64.8 Å². The fourth-order valence-corrected chi connectivity index (χ4v) is 5.78. The van der Waals surface area contributed by atoms with E-state index in [-0.39, 0.29) is 5.91 Å². The highest BCUT2D eigenvalue weighted by Crippen LogP contribution is 2.27. The van der Waals surface area contributed by atoms with Crippen molar-refractivity contribution in [3.63, 3.8) is 0 Å². The van der Waals surface area contributed by atoms with E-state index in [1.165, 1.54) is 36.1 Å². The summed E-state index contributed by atoms with van der Waals surface area (Å²) in [6.07, 6.45) is 8.95. The lowest BCUT2D eigenvalue weighted by Crippen LogP contribution is -2.47. The van der Waals surface area contributed by atoms with Gasteiger partial charge in [-0.1, -0.05) is 30.3 Å². The van der Waals surface area contributed by atoms with Gasteiger partial charge in [-0.2, -0.15) is 5.10 Å². The van der Waals surface area contributed by atoms with Gasteiger partial charge < -0.3 is 10.2 Å². The molecule has 1 aromatic carbocycles. The van der Waals surface area contributed by atoms with Crippen molar-refractivity contribution < 1.29 is 4.79 Å². The van der Waals surface area contributed by atoms with Gasteiger partial charge in [-0.15, -0.1) is 0 Å². The summed E-state index contributed by atoms with van der Waals surface area (Å²) in [7, 11) is 2.00. The fourth-order valence-electron chi connectivity index (χ4n) is 5.78. The number of fused-ring (bicyclic) bond motifs is 1. The average molecular weight is 436 g/mol. The molecule has 5 rings (SSSR count). The van der Waals surface area contributed by atoms with Gasteiger partial charge in [0, 0.05) is 50.0 Å². The number of carbonyl (C=O) groups excluding carboxylic acids is 1. The summed E-state index contributed by atoms with van der Waals surface area (Å²) in [5.41, 5.74) is 4.59. The molecule has 172 valence electrons. The van der Waals surface area contributed by atoms with Crippen molar-refractivity contribution in [3.8, 4) is 0 Å². The summed E-state index contributed by atoms with van der Waals surface area (Å²) in [6, 6.07) is 11.8. The van der Waals surface area contributed by atoms with Crippen LogP contribution in [0.15, 0.2) is 30.3 Å². The number of hydrogen-bond donors (Lipinski definition) is 1. The highest BCUT2D eigenvalue weighted by atomic mass is 16.2. The van der Waals surface area contributed by atoms with E-state index in [2.05, 4.69) is 45.6 Å². The first-order chi connectivity index (χ1) is 15.7. The van der Waals surface area contributed by atoms with Crippen LogP contribution >= 0.6 is 0 Å². The van der Waals surface area contributed by atoms with Gasteiger partial charge in [0.2, 0.25) is 0 Å². The largest absolute Gasteiger partial charge is 0.337 e. The number of carbonyl (C=O) groups is 1. The van der Waals surface area contributed by atoms with Crippen molar-refractivity contribution in [1.82, 2.24) is 24.9 Å². The smallest absolute Gasteiger partial charge is 0.274 e. The Kier molecular flexibility index (Phi) is 6.60.